The first-order valence-corrected chi connectivity index (χ1v) is 12.4. The maximum Gasteiger partial charge on any atom is 0.452 e. The number of hydrogen-bond donors (Lipinski definition) is 3. The van der Waals surface area contributed by atoms with E-state index in [1.54, 1.807) is 12.1 Å². The van der Waals surface area contributed by atoms with Gasteiger partial charge in [0.15, 0.2) is 0 Å². The van der Waals surface area contributed by atoms with Crippen molar-refractivity contribution in [3.05, 3.63) is 59.4 Å². The fraction of sp³-hybridized carbons (Fsp3) is 0.333. The molecule has 2 atom stereocenters. The molecule has 3 N–H and O–H groups in total. The number of aliphatic carboxylic acids is 1. The molecule has 0 unspecified atom stereocenters. The van der Waals surface area contributed by atoms with Crippen molar-refractivity contribution in [2.24, 2.45) is 0 Å². The SMILES string of the molecule is O=C(O)[C@]1(NS(=O)(=O)c2ccc(-c3cc(C(F)(F)F)on3)s2)C[C@H]1c1ccc(CCCO)cc1. The molecule has 8 nitrogen and oxygen atoms in total. The number of aliphatic hydroxyl groups excluding tert-OH is 1. The van der Waals surface area contributed by atoms with Crippen molar-refractivity contribution in [3.8, 4) is 10.6 Å². The van der Waals surface area contributed by atoms with E-state index in [0.717, 1.165) is 5.56 Å². The summed E-state index contributed by atoms with van der Waals surface area (Å²) in [6.45, 7) is 0.0544. The third-order valence-corrected chi connectivity index (χ3v) is 8.66. The summed E-state index contributed by atoms with van der Waals surface area (Å²) < 4.78 is 70.4. The summed E-state index contributed by atoms with van der Waals surface area (Å²) >= 11 is 0.650. The quantitative estimate of drug-likeness (QED) is 0.396. The minimum Gasteiger partial charge on any atom is -0.480 e. The fourth-order valence-corrected chi connectivity index (χ4v) is 6.34. The number of benzene rings is 1. The Bertz CT molecular complexity index is 1300. The molecule has 0 amide bonds. The van der Waals surface area contributed by atoms with Crippen LogP contribution in [0.3, 0.4) is 0 Å². The first kappa shape index (κ1) is 24.4. The summed E-state index contributed by atoms with van der Waals surface area (Å²) in [7, 11) is -4.29. The lowest BCUT2D eigenvalue weighted by molar-refractivity contribution is -0.155. The van der Waals surface area contributed by atoms with Gasteiger partial charge in [0, 0.05) is 18.6 Å². The van der Waals surface area contributed by atoms with Crippen LogP contribution in [-0.4, -0.2) is 41.9 Å². The molecular formula is C21H19F3N2O6S2. The van der Waals surface area contributed by atoms with Crippen molar-refractivity contribution >= 4 is 27.3 Å². The standard InChI is InChI=1S/C21H19F3N2O6S2/c22-21(23,24)17-10-15(25-32-17)16-7-8-18(33-16)34(30,31)26-20(19(28)29)11-14(20)13-5-3-12(4-6-13)2-1-9-27/h3-8,10,14,26-27H,1-2,9,11H2,(H,28,29)/t14-,20-/m0/s1. The summed E-state index contributed by atoms with van der Waals surface area (Å²) in [5.41, 5.74) is -0.288. The van der Waals surface area contributed by atoms with Gasteiger partial charge in [-0.1, -0.05) is 29.4 Å². The van der Waals surface area contributed by atoms with Crippen LogP contribution in [0.2, 0.25) is 0 Å². The Kier molecular flexibility index (Phi) is 6.31. The summed E-state index contributed by atoms with van der Waals surface area (Å²) in [4.78, 5) is 12.1. The molecule has 1 aliphatic rings. The van der Waals surface area contributed by atoms with Gasteiger partial charge in [-0.3, -0.25) is 4.79 Å². The van der Waals surface area contributed by atoms with Gasteiger partial charge in [0.05, 0.1) is 4.88 Å². The number of aliphatic hydroxyl groups is 1. The summed E-state index contributed by atoms with van der Waals surface area (Å²) in [6.07, 6.45) is -3.43. The highest BCUT2D eigenvalue weighted by molar-refractivity contribution is 7.91. The van der Waals surface area contributed by atoms with Crippen LogP contribution in [0.15, 0.2) is 51.2 Å². The van der Waals surface area contributed by atoms with Crippen LogP contribution in [0, 0.1) is 0 Å². The number of thiophene rings is 1. The first-order valence-electron chi connectivity index (χ1n) is 10.1. The smallest absolute Gasteiger partial charge is 0.452 e. The molecule has 0 radical (unpaired) electrons. The minimum absolute atomic E-state index is 0.0496. The maximum atomic E-state index is 12.9. The van der Waals surface area contributed by atoms with Gasteiger partial charge in [0.2, 0.25) is 5.76 Å². The topological polar surface area (TPSA) is 130 Å². The number of aromatic nitrogens is 1. The third kappa shape index (κ3) is 4.73. The third-order valence-electron chi connectivity index (χ3n) is 5.55. The number of carboxylic acid groups (broad SMARTS) is 1. The predicted octanol–water partition coefficient (Wildman–Crippen LogP) is 3.64. The number of nitrogens with zero attached hydrogens (tertiary/aromatic N) is 1. The van der Waals surface area contributed by atoms with Gasteiger partial charge >= 0.3 is 12.1 Å². The fourth-order valence-electron chi connectivity index (χ4n) is 3.68. The monoisotopic (exact) mass is 516 g/mol. The molecule has 3 aromatic rings. The van der Waals surface area contributed by atoms with Crippen molar-refractivity contribution in [2.45, 2.75) is 41.1 Å². The summed E-state index contributed by atoms with van der Waals surface area (Å²) in [5.74, 6) is -3.23. The number of alkyl halides is 3. The Morgan fingerprint density at radius 3 is 2.53 bits per heavy atom. The van der Waals surface area contributed by atoms with E-state index in [9.17, 15) is 31.5 Å². The van der Waals surface area contributed by atoms with E-state index in [-0.39, 0.29) is 27.8 Å². The van der Waals surface area contributed by atoms with E-state index in [2.05, 4.69) is 14.4 Å². The minimum atomic E-state index is -4.73. The zero-order chi connectivity index (χ0) is 24.7. The molecule has 1 aromatic carbocycles. The predicted molar refractivity (Wildman–Crippen MR) is 115 cm³/mol. The van der Waals surface area contributed by atoms with E-state index in [1.165, 1.54) is 12.1 Å². The van der Waals surface area contributed by atoms with E-state index in [4.69, 9.17) is 5.11 Å². The second kappa shape index (κ2) is 8.80. The normalized spacial score (nSPS) is 20.4. The molecule has 0 bridgehead atoms. The van der Waals surface area contributed by atoms with Crippen LogP contribution in [0.25, 0.3) is 10.6 Å². The molecule has 1 saturated carbocycles. The van der Waals surface area contributed by atoms with Crippen molar-refractivity contribution in [1.82, 2.24) is 9.88 Å². The van der Waals surface area contributed by atoms with E-state index >= 15 is 0 Å². The second-order valence-electron chi connectivity index (χ2n) is 7.90. The second-order valence-corrected chi connectivity index (χ2v) is 10.9. The molecule has 1 aliphatic carbocycles. The van der Waals surface area contributed by atoms with Crippen LogP contribution in [0.5, 0.6) is 0 Å². The van der Waals surface area contributed by atoms with Gasteiger partial charge < -0.3 is 14.7 Å². The molecule has 2 heterocycles. The van der Waals surface area contributed by atoms with E-state index in [1.807, 2.05) is 12.1 Å². The molecule has 0 aliphatic heterocycles. The van der Waals surface area contributed by atoms with Crippen molar-refractivity contribution in [3.63, 3.8) is 0 Å². The van der Waals surface area contributed by atoms with Crippen LogP contribution in [-0.2, 0) is 27.4 Å². The number of hydrogen-bond acceptors (Lipinski definition) is 7. The highest BCUT2D eigenvalue weighted by Crippen LogP contribution is 2.52. The van der Waals surface area contributed by atoms with Gasteiger partial charge in [0.25, 0.3) is 10.0 Å². The molecule has 0 saturated heterocycles. The number of carbonyl (C=O) groups is 1. The number of nitrogens with one attached hydrogen (secondary N) is 1. The number of rotatable bonds is 9. The Hall–Kier alpha value is -2.74. The van der Waals surface area contributed by atoms with Crippen LogP contribution >= 0.6 is 11.3 Å². The summed E-state index contributed by atoms with van der Waals surface area (Å²) in [5, 5.41) is 22.1. The van der Waals surface area contributed by atoms with E-state index < -0.39 is 39.4 Å². The zero-order valence-corrected chi connectivity index (χ0v) is 19.0. The highest BCUT2D eigenvalue weighted by Gasteiger charge is 2.63. The highest BCUT2D eigenvalue weighted by atomic mass is 32.2. The van der Waals surface area contributed by atoms with Crippen LogP contribution in [0.4, 0.5) is 13.2 Å². The van der Waals surface area contributed by atoms with Crippen LogP contribution < -0.4 is 4.72 Å². The van der Waals surface area contributed by atoms with Gasteiger partial charge in [-0.15, -0.1) is 11.3 Å². The first-order chi connectivity index (χ1) is 16.0. The van der Waals surface area contributed by atoms with Crippen LogP contribution in [0.1, 0.15) is 35.6 Å². The Labute approximate surface area is 196 Å². The molecule has 34 heavy (non-hydrogen) atoms. The average Bonchev–Trinajstić information content (AvgIpc) is 3.14. The van der Waals surface area contributed by atoms with Crippen molar-refractivity contribution in [1.29, 1.82) is 0 Å². The maximum absolute atomic E-state index is 12.9. The Morgan fingerprint density at radius 1 is 1.24 bits per heavy atom. The van der Waals surface area contributed by atoms with E-state index in [0.29, 0.717) is 35.8 Å². The molecule has 0 spiro atoms. The molecule has 4 rings (SSSR count). The van der Waals surface area contributed by atoms with Gasteiger partial charge in [0.1, 0.15) is 15.4 Å². The Morgan fingerprint density at radius 2 is 1.94 bits per heavy atom. The van der Waals surface area contributed by atoms with Gasteiger partial charge in [-0.05, 0) is 42.5 Å². The lowest BCUT2D eigenvalue weighted by Gasteiger charge is -2.15. The average molecular weight is 517 g/mol. The molecule has 182 valence electrons. The van der Waals surface area contributed by atoms with Crippen molar-refractivity contribution in [2.75, 3.05) is 6.61 Å². The van der Waals surface area contributed by atoms with Crippen molar-refractivity contribution < 1.29 is 41.1 Å². The van der Waals surface area contributed by atoms with Gasteiger partial charge in [-0.25, -0.2) is 8.42 Å². The number of halogens is 3. The molecule has 1 fully saturated rings. The lowest BCUT2D eigenvalue weighted by atomic mass is 10.0. The van der Waals surface area contributed by atoms with Gasteiger partial charge in [-0.2, -0.15) is 17.9 Å². The largest absolute Gasteiger partial charge is 0.480 e. The zero-order valence-electron chi connectivity index (χ0n) is 17.4. The number of sulfonamides is 1. The Balaban J connectivity index is 1.53. The molecular weight excluding hydrogens is 497 g/mol. The molecule has 13 heteroatoms. The summed E-state index contributed by atoms with van der Waals surface area (Å²) in [6, 6.07) is 10.2. The molecule has 2 aromatic heterocycles. The number of carboxylic acids is 1. The number of aryl methyl sites for hydroxylation is 1. The lowest BCUT2D eigenvalue weighted by Crippen LogP contribution is -2.44.